The fourth-order valence-electron chi connectivity index (χ4n) is 6.18. The molecule has 3 aliphatic rings. The Bertz CT molecular complexity index is 1610. The molecule has 2 atom stereocenters. The monoisotopic (exact) mass is 574 g/mol. The van der Waals surface area contributed by atoms with Gasteiger partial charge in [-0.3, -0.25) is 9.59 Å². The van der Waals surface area contributed by atoms with Gasteiger partial charge in [-0.15, -0.1) is 0 Å². The topological polar surface area (TPSA) is 100 Å². The number of anilines is 2. The van der Waals surface area contributed by atoms with Crippen molar-refractivity contribution in [1.82, 2.24) is 19.9 Å². The first-order chi connectivity index (χ1) is 20.0. The van der Waals surface area contributed by atoms with Crippen molar-refractivity contribution >= 4 is 23.5 Å². The highest BCUT2D eigenvalue weighted by molar-refractivity contribution is 6.06. The van der Waals surface area contributed by atoms with Gasteiger partial charge in [-0.05, 0) is 49.8 Å². The molecule has 0 radical (unpaired) electrons. The van der Waals surface area contributed by atoms with Crippen LogP contribution in [0.1, 0.15) is 47.8 Å². The molecule has 2 aromatic heterocycles. The molecule has 216 valence electrons. The number of hydrogen-bond acceptors (Lipinski definition) is 6. The summed E-state index contributed by atoms with van der Waals surface area (Å²) in [6, 6.07) is 14.2. The highest BCUT2D eigenvalue weighted by atomic mass is 19.4. The minimum atomic E-state index is -4.56. The zero-order valence-corrected chi connectivity index (χ0v) is 22.9. The van der Waals surface area contributed by atoms with Crippen LogP contribution in [-0.4, -0.2) is 56.5 Å². The summed E-state index contributed by atoms with van der Waals surface area (Å²) in [7, 11) is 0. The van der Waals surface area contributed by atoms with Crippen LogP contribution in [0, 0.1) is 0 Å². The molecule has 2 amide bonds. The van der Waals surface area contributed by atoms with E-state index < -0.39 is 29.6 Å². The highest BCUT2D eigenvalue weighted by Crippen LogP contribution is 2.53. The highest BCUT2D eigenvalue weighted by Gasteiger charge is 2.52. The molecule has 2 aliphatic carbocycles. The lowest BCUT2D eigenvalue weighted by Gasteiger charge is -2.32. The molecule has 6 rings (SSSR count). The summed E-state index contributed by atoms with van der Waals surface area (Å²) in [6.45, 7) is 0.485. The van der Waals surface area contributed by atoms with Gasteiger partial charge >= 0.3 is 6.18 Å². The van der Waals surface area contributed by atoms with Crippen LogP contribution in [0.15, 0.2) is 84.4 Å². The van der Waals surface area contributed by atoms with Gasteiger partial charge in [0.2, 0.25) is 5.91 Å². The second kappa shape index (κ2) is 10.4. The zero-order chi connectivity index (χ0) is 29.5. The molecule has 8 nitrogen and oxygen atoms in total. The minimum Gasteiger partial charge on any atom is -0.361 e. The number of carbonyl (C=O) groups excluding carboxylic acids is 2. The number of amides is 2. The summed E-state index contributed by atoms with van der Waals surface area (Å²) in [6.07, 6.45) is 4.32. The number of alkyl halides is 3. The van der Waals surface area contributed by atoms with Crippen LogP contribution in [0.4, 0.5) is 24.8 Å². The Morgan fingerprint density at radius 2 is 1.88 bits per heavy atom. The summed E-state index contributed by atoms with van der Waals surface area (Å²) in [5.41, 5.74) is 2.58. The predicted molar refractivity (Wildman–Crippen MR) is 151 cm³/mol. The van der Waals surface area contributed by atoms with Crippen LogP contribution in [0.5, 0.6) is 0 Å². The molecule has 1 aromatic carbocycles. The molecule has 1 spiro atoms. The van der Waals surface area contributed by atoms with Gasteiger partial charge < -0.3 is 15.5 Å². The van der Waals surface area contributed by atoms with Gasteiger partial charge in [0, 0.05) is 24.4 Å². The molecule has 0 saturated carbocycles. The Balaban J connectivity index is 1.17. The lowest BCUT2D eigenvalue weighted by molar-refractivity contribution is -0.140. The quantitative estimate of drug-likeness (QED) is 0.401. The third-order valence-corrected chi connectivity index (χ3v) is 8.15. The molecular weight excluding hydrogens is 545 g/mol. The van der Waals surface area contributed by atoms with Crippen LogP contribution in [-0.2, 0) is 16.6 Å². The van der Waals surface area contributed by atoms with Crippen molar-refractivity contribution in [1.29, 1.82) is 0 Å². The maximum Gasteiger partial charge on any atom is 0.406 e. The number of carbonyl (C=O) groups is 2. The predicted octanol–water partition coefficient (Wildman–Crippen LogP) is 5.23. The van der Waals surface area contributed by atoms with Crippen LogP contribution in [0.25, 0.3) is 0 Å². The number of rotatable bonds is 7. The van der Waals surface area contributed by atoms with Gasteiger partial charge in [-0.25, -0.2) is 15.0 Å². The van der Waals surface area contributed by atoms with Crippen LogP contribution >= 0.6 is 0 Å². The lowest BCUT2D eigenvalue weighted by Crippen LogP contribution is -2.40. The van der Waals surface area contributed by atoms with Crippen LogP contribution < -0.4 is 10.6 Å². The fraction of sp³-hybridized carbons (Fsp3) is 0.323. The van der Waals surface area contributed by atoms with E-state index in [1.165, 1.54) is 12.4 Å². The first kappa shape index (κ1) is 27.6. The largest absolute Gasteiger partial charge is 0.406 e. The molecule has 3 heterocycles. The second-order valence-electron chi connectivity index (χ2n) is 11.3. The number of fused-ring (bicyclic) bond motifs is 2. The Labute approximate surface area is 240 Å². The Morgan fingerprint density at radius 1 is 1.07 bits per heavy atom. The van der Waals surface area contributed by atoms with E-state index in [4.69, 9.17) is 0 Å². The number of nitrogens with zero attached hydrogens (tertiary/aromatic N) is 4. The molecule has 42 heavy (non-hydrogen) atoms. The maximum absolute atomic E-state index is 13.4. The van der Waals surface area contributed by atoms with Gasteiger partial charge in [0.05, 0.1) is 11.0 Å². The average molecular weight is 575 g/mol. The maximum atomic E-state index is 13.4. The first-order valence-corrected chi connectivity index (χ1v) is 13.7. The van der Waals surface area contributed by atoms with Crippen molar-refractivity contribution in [2.24, 2.45) is 0 Å². The Morgan fingerprint density at radius 3 is 2.67 bits per heavy atom. The van der Waals surface area contributed by atoms with Crippen molar-refractivity contribution in [2.45, 2.75) is 49.7 Å². The number of hydrogen-bond donors (Lipinski definition) is 2. The van der Waals surface area contributed by atoms with Crippen molar-refractivity contribution < 1.29 is 22.8 Å². The van der Waals surface area contributed by atoms with Gasteiger partial charge in [0.25, 0.3) is 5.91 Å². The van der Waals surface area contributed by atoms with Gasteiger partial charge in [-0.1, -0.05) is 54.1 Å². The third-order valence-electron chi connectivity index (χ3n) is 8.15. The number of halogens is 3. The van der Waals surface area contributed by atoms with E-state index in [0.29, 0.717) is 30.9 Å². The number of aromatic nitrogens is 3. The molecule has 1 aliphatic heterocycles. The van der Waals surface area contributed by atoms with Crippen molar-refractivity contribution in [2.75, 3.05) is 23.7 Å². The molecule has 2 N–H and O–H groups in total. The molecule has 3 aromatic rings. The third kappa shape index (κ3) is 5.38. The molecule has 0 fully saturated rings. The van der Waals surface area contributed by atoms with Gasteiger partial charge in [0.1, 0.15) is 30.2 Å². The van der Waals surface area contributed by atoms with Crippen molar-refractivity contribution in [3.63, 3.8) is 0 Å². The number of nitrogens with one attached hydrogen (secondary N) is 2. The molecule has 2 unspecified atom stereocenters. The SMILES string of the molecule is CC1(Nc2cc(C(=O)N(CCc3ccccc3)CC(F)(F)F)ncn2)C=CC2=C(C1)CC1(C2)C(=O)Nc2ncccc21. The van der Waals surface area contributed by atoms with Crippen molar-refractivity contribution in [3.8, 4) is 0 Å². The van der Waals surface area contributed by atoms with Crippen molar-refractivity contribution in [3.05, 3.63) is 101 Å². The smallest absolute Gasteiger partial charge is 0.361 e. The normalized spacial score (nSPS) is 22.6. The number of pyridine rings is 1. The van der Waals surface area contributed by atoms with E-state index in [0.717, 1.165) is 27.2 Å². The summed E-state index contributed by atoms with van der Waals surface area (Å²) in [5, 5.41) is 6.26. The summed E-state index contributed by atoms with van der Waals surface area (Å²) < 4.78 is 40.2. The van der Waals surface area contributed by atoms with E-state index in [9.17, 15) is 22.8 Å². The Kier molecular flexibility index (Phi) is 6.83. The van der Waals surface area contributed by atoms with Gasteiger partial charge in [-0.2, -0.15) is 13.2 Å². The van der Waals surface area contributed by atoms with Gasteiger partial charge in [0.15, 0.2) is 0 Å². The standard InChI is InChI=1S/C31H29F3N6O2/c1-29(11-9-21-16-30(17-22(21)15-29)23-8-5-12-35-26(23)38-28(30)42)39-25-14-24(36-19-37-25)27(41)40(18-31(32,33)34)13-10-20-6-3-2-4-7-20/h2-9,11-12,14,19H,10,13,15-18H2,1H3,(H,35,38,42)(H,36,37,39). The first-order valence-electron chi connectivity index (χ1n) is 13.7. The molecule has 0 bridgehead atoms. The summed E-state index contributed by atoms with van der Waals surface area (Å²) in [5.74, 6) is 0.0535. The summed E-state index contributed by atoms with van der Waals surface area (Å²) in [4.78, 5) is 39.7. The molecule has 11 heteroatoms. The molecule has 0 saturated heterocycles. The van der Waals surface area contributed by atoms with Crippen LogP contribution in [0.3, 0.4) is 0 Å². The summed E-state index contributed by atoms with van der Waals surface area (Å²) >= 11 is 0. The van der Waals surface area contributed by atoms with E-state index in [-0.39, 0.29) is 24.6 Å². The second-order valence-corrected chi connectivity index (χ2v) is 11.3. The number of benzene rings is 1. The number of allylic oxidation sites excluding steroid dienone is 2. The fourth-order valence-corrected chi connectivity index (χ4v) is 6.18. The zero-order valence-electron chi connectivity index (χ0n) is 22.9. The van der Waals surface area contributed by atoms with E-state index in [1.54, 1.807) is 18.3 Å². The van der Waals surface area contributed by atoms with E-state index >= 15 is 0 Å². The average Bonchev–Trinajstić information content (AvgIpc) is 3.47. The minimum absolute atomic E-state index is 0.0525. The lowest BCUT2D eigenvalue weighted by atomic mass is 9.78. The Hall–Kier alpha value is -4.54. The molecular formula is C31H29F3N6O2. The van der Waals surface area contributed by atoms with E-state index in [1.807, 2.05) is 49.4 Å². The van der Waals surface area contributed by atoms with Crippen LogP contribution in [0.2, 0.25) is 0 Å². The van der Waals surface area contributed by atoms with E-state index in [2.05, 4.69) is 25.6 Å².